The van der Waals surface area contributed by atoms with Gasteiger partial charge in [-0.05, 0) is 25.0 Å². The van der Waals surface area contributed by atoms with Crippen molar-refractivity contribution in [1.82, 2.24) is 0 Å². The molecule has 0 fully saturated rings. The first-order chi connectivity index (χ1) is 7.15. The minimum atomic E-state index is -0.633. The fourth-order valence-electron chi connectivity index (χ4n) is 1.36. The van der Waals surface area contributed by atoms with Crippen molar-refractivity contribution in [2.24, 2.45) is 5.73 Å². The summed E-state index contributed by atoms with van der Waals surface area (Å²) in [6, 6.07) is 4.53. The molecule has 0 bridgehead atoms. The van der Waals surface area contributed by atoms with E-state index in [-0.39, 0.29) is 18.4 Å². The van der Waals surface area contributed by atoms with Gasteiger partial charge in [-0.2, -0.15) is 0 Å². The number of para-hydroxylation sites is 1. The summed E-state index contributed by atoms with van der Waals surface area (Å²) >= 11 is 0. The summed E-state index contributed by atoms with van der Waals surface area (Å²) in [7, 11) is 0. The molecule has 1 aromatic carbocycles. The third-order valence-electron chi connectivity index (χ3n) is 1.91. The first kappa shape index (κ1) is 11.9. The fourth-order valence-corrected chi connectivity index (χ4v) is 1.36. The van der Waals surface area contributed by atoms with Gasteiger partial charge < -0.3 is 10.5 Å². The zero-order chi connectivity index (χ0) is 11.3. The molecule has 4 heteroatoms. The molecule has 0 spiro atoms. The van der Waals surface area contributed by atoms with Gasteiger partial charge in [-0.25, -0.2) is 8.78 Å². The van der Waals surface area contributed by atoms with Crippen LogP contribution in [0.5, 0.6) is 5.75 Å². The lowest BCUT2D eigenvalue weighted by Crippen LogP contribution is -2.18. The van der Waals surface area contributed by atoms with Crippen LogP contribution in [0.1, 0.15) is 12.5 Å². The lowest BCUT2D eigenvalue weighted by molar-refractivity contribution is 0.260. The Balaban J connectivity index is 2.87. The van der Waals surface area contributed by atoms with Gasteiger partial charge in [0.25, 0.3) is 0 Å². The van der Waals surface area contributed by atoms with Gasteiger partial charge in [0.15, 0.2) is 11.6 Å². The lowest BCUT2D eigenvalue weighted by Gasteiger charge is -2.12. The molecule has 2 N–H and O–H groups in total. The van der Waals surface area contributed by atoms with Crippen LogP contribution in [0.2, 0.25) is 0 Å². The second-order valence-corrected chi connectivity index (χ2v) is 3.45. The van der Waals surface area contributed by atoms with E-state index in [1.165, 1.54) is 6.07 Å². The zero-order valence-corrected chi connectivity index (χ0v) is 8.67. The van der Waals surface area contributed by atoms with E-state index >= 15 is 0 Å². The molecule has 0 aliphatic rings. The lowest BCUT2D eigenvalue weighted by atomic mass is 10.1. The monoisotopic (exact) mass is 215 g/mol. The second-order valence-electron chi connectivity index (χ2n) is 3.45. The van der Waals surface area contributed by atoms with E-state index in [1.807, 2.05) is 6.92 Å². The van der Waals surface area contributed by atoms with Crippen LogP contribution in [-0.2, 0) is 6.42 Å². The van der Waals surface area contributed by atoms with E-state index in [1.54, 1.807) is 12.1 Å². The molecule has 0 saturated heterocycles. The van der Waals surface area contributed by atoms with E-state index in [2.05, 4.69) is 0 Å². The summed E-state index contributed by atoms with van der Waals surface area (Å²) in [6.07, 6.45) is 0.513. The maximum Gasteiger partial charge on any atom is 0.165 e. The summed E-state index contributed by atoms with van der Waals surface area (Å²) in [5, 5.41) is 0. The summed E-state index contributed by atoms with van der Waals surface area (Å²) in [6.45, 7) is 1.06. The molecule has 2 nitrogen and oxygen atoms in total. The minimum Gasteiger partial charge on any atom is -0.487 e. The fraction of sp³-hybridized carbons (Fsp3) is 0.455. The molecule has 0 heterocycles. The second kappa shape index (κ2) is 5.66. The number of nitrogens with two attached hydrogens (primary N) is 1. The maximum absolute atomic E-state index is 13.3. The van der Waals surface area contributed by atoms with Gasteiger partial charge in [0, 0.05) is 6.04 Å². The molecule has 1 aromatic rings. The maximum atomic E-state index is 13.3. The Kier molecular flexibility index (Phi) is 4.49. The largest absolute Gasteiger partial charge is 0.487 e. The Hall–Kier alpha value is -1.16. The van der Waals surface area contributed by atoms with Crippen LogP contribution in [0.15, 0.2) is 18.2 Å². The molecular formula is C11H15F2NO. The van der Waals surface area contributed by atoms with E-state index in [9.17, 15) is 8.78 Å². The van der Waals surface area contributed by atoms with Crippen molar-refractivity contribution in [2.45, 2.75) is 19.4 Å². The molecule has 15 heavy (non-hydrogen) atoms. The number of alkyl halides is 1. The van der Waals surface area contributed by atoms with Crippen LogP contribution in [0, 0.1) is 5.82 Å². The molecule has 1 unspecified atom stereocenters. The Morgan fingerprint density at radius 2 is 2.20 bits per heavy atom. The van der Waals surface area contributed by atoms with Crippen molar-refractivity contribution in [3.63, 3.8) is 0 Å². The van der Waals surface area contributed by atoms with Crippen LogP contribution in [0.25, 0.3) is 0 Å². The average Bonchev–Trinajstić information content (AvgIpc) is 2.16. The highest BCUT2D eigenvalue weighted by Crippen LogP contribution is 2.23. The van der Waals surface area contributed by atoms with Crippen LogP contribution < -0.4 is 10.5 Å². The SMILES string of the molecule is CC(N)Cc1cccc(F)c1OCCF. The van der Waals surface area contributed by atoms with Crippen LogP contribution >= 0.6 is 0 Å². The minimum absolute atomic E-state index is 0.0838. The first-order valence-corrected chi connectivity index (χ1v) is 4.87. The molecule has 1 rings (SSSR count). The van der Waals surface area contributed by atoms with Crippen molar-refractivity contribution in [1.29, 1.82) is 0 Å². The predicted octanol–water partition coefficient (Wildman–Crippen LogP) is 2.06. The van der Waals surface area contributed by atoms with E-state index in [0.29, 0.717) is 12.0 Å². The highest BCUT2D eigenvalue weighted by atomic mass is 19.1. The van der Waals surface area contributed by atoms with Gasteiger partial charge in [-0.15, -0.1) is 0 Å². The summed E-state index contributed by atoms with van der Waals surface area (Å²) in [5.74, 6) is -0.353. The van der Waals surface area contributed by atoms with E-state index in [0.717, 1.165) is 0 Å². The number of benzene rings is 1. The van der Waals surface area contributed by atoms with Crippen molar-refractivity contribution in [3.8, 4) is 5.75 Å². The molecule has 1 atom stereocenters. The van der Waals surface area contributed by atoms with Crippen LogP contribution in [0.3, 0.4) is 0 Å². The molecular weight excluding hydrogens is 200 g/mol. The Morgan fingerprint density at radius 3 is 2.80 bits per heavy atom. The molecule has 84 valence electrons. The molecule has 0 saturated carbocycles. The van der Waals surface area contributed by atoms with Gasteiger partial charge in [0.2, 0.25) is 0 Å². The Morgan fingerprint density at radius 1 is 1.47 bits per heavy atom. The van der Waals surface area contributed by atoms with Gasteiger partial charge >= 0.3 is 0 Å². The molecule has 0 aliphatic heterocycles. The predicted molar refractivity (Wildman–Crippen MR) is 55.2 cm³/mol. The molecule has 0 amide bonds. The standard InChI is InChI=1S/C11H15F2NO/c1-8(14)7-9-3-2-4-10(13)11(9)15-6-5-12/h2-4,8H,5-7,14H2,1H3. The van der Waals surface area contributed by atoms with E-state index in [4.69, 9.17) is 10.5 Å². The number of hydrogen-bond acceptors (Lipinski definition) is 2. The van der Waals surface area contributed by atoms with Crippen LogP contribution in [0.4, 0.5) is 8.78 Å². The molecule has 0 aromatic heterocycles. The van der Waals surface area contributed by atoms with Gasteiger partial charge in [0.1, 0.15) is 13.3 Å². The highest BCUT2D eigenvalue weighted by Gasteiger charge is 2.10. The highest BCUT2D eigenvalue weighted by molar-refractivity contribution is 5.35. The normalized spacial score (nSPS) is 12.5. The summed E-state index contributed by atoms with van der Waals surface area (Å²) in [4.78, 5) is 0. The third kappa shape index (κ3) is 3.47. The molecule has 0 aliphatic carbocycles. The van der Waals surface area contributed by atoms with Crippen molar-refractivity contribution in [2.75, 3.05) is 13.3 Å². The number of hydrogen-bond donors (Lipinski definition) is 1. The van der Waals surface area contributed by atoms with E-state index < -0.39 is 12.5 Å². The Bertz CT molecular complexity index is 315. The van der Waals surface area contributed by atoms with Crippen molar-refractivity contribution in [3.05, 3.63) is 29.6 Å². The number of rotatable bonds is 5. The molecule has 0 radical (unpaired) electrons. The van der Waals surface area contributed by atoms with Crippen molar-refractivity contribution < 1.29 is 13.5 Å². The quantitative estimate of drug-likeness (QED) is 0.816. The van der Waals surface area contributed by atoms with Gasteiger partial charge in [0.05, 0.1) is 0 Å². The number of halogens is 2. The van der Waals surface area contributed by atoms with Crippen molar-refractivity contribution >= 4 is 0 Å². The zero-order valence-electron chi connectivity index (χ0n) is 8.67. The van der Waals surface area contributed by atoms with Gasteiger partial charge in [-0.3, -0.25) is 0 Å². The number of ether oxygens (including phenoxy) is 1. The van der Waals surface area contributed by atoms with Crippen LogP contribution in [-0.4, -0.2) is 19.3 Å². The topological polar surface area (TPSA) is 35.2 Å². The third-order valence-corrected chi connectivity index (χ3v) is 1.91. The first-order valence-electron chi connectivity index (χ1n) is 4.87. The summed E-state index contributed by atoms with van der Waals surface area (Å²) in [5.41, 5.74) is 6.30. The smallest absolute Gasteiger partial charge is 0.165 e. The Labute approximate surface area is 88.0 Å². The van der Waals surface area contributed by atoms with Gasteiger partial charge in [-0.1, -0.05) is 12.1 Å². The summed E-state index contributed by atoms with van der Waals surface area (Å²) < 4.78 is 30.3. The average molecular weight is 215 g/mol.